The van der Waals surface area contributed by atoms with Gasteiger partial charge in [0, 0.05) is 6.54 Å². The van der Waals surface area contributed by atoms with E-state index in [9.17, 15) is 4.79 Å². The van der Waals surface area contributed by atoms with Gasteiger partial charge in [0.05, 0.1) is 6.07 Å². The molecule has 0 aliphatic heterocycles. The number of nitrogens with zero attached hydrogens (tertiary/aromatic N) is 1. The molecule has 0 aromatic rings. The highest BCUT2D eigenvalue weighted by molar-refractivity contribution is 5.88. The van der Waals surface area contributed by atoms with Crippen LogP contribution in [0.2, 0.25) is 0 Å². The summed E-state index contributed by atoms with van der Waals surface area (Å²) in [5, 5.41) is 11.8. The van der Waals surface area contributed by atoms with Crippen LogP contribution >= 0.6 is 0 Å². The maximum absolute atomic E-state index is 11.7. The van der Waals surface area contributed by atoms with Crippen LogP contribution in [0, 0.1) is 28.6 Å². The summed E-state index contributed by atoms with van der Waals surface area (Å²) in [6, 6.07) is 2.13. The highest BCUT2D eigenvalue weighted by atomic mass is 16.2. The summed E-state index contributed by atoms with van der Waals surface area (Å²) in [6.07, 6.45) is 7.86. The first-order valence-corrected chi connectivity index (χ1v) is 6.86. The van der Waals surface area contributed by atoms with Crippen molar-refractivity contribution in [2.75, 3.05) is 6.54 Å². The summed E-state index contributed by atoms with van der Waals surface area (Å²) < 4.78 is 0. The molecule has 0 unspecified atom stereocenters. The van der Waals surface area contributed by atoms with E-state index in [1.54, 1.807) is 0 Å². The Bertz CT molecular complexity index is 320. The molecule has 1 N–H and O–H groups in total. The molecule has 0 bridgehead atoms. The van der Waals surface area contributed by atoms with Gasteiger partial charge in [-0.15, -0.1) is 0 Å². The standard InChI is InChI=1S/C14H22N2O/c1-11-2-4-12(5-3-11)6-9-16-13(17)14(10-15)7-8-14/h11-12H,2-9H2,1H3,(H,16,17). The third-order valence-corrected chi connectivity index (χ3v) is 4.37. The van der Waals surface area contributed by atoms with E-state index in [1.165, 1.54) is 25.7 Å². The Hall–Kier alpha value is -1.04. The molecule has 0 spiro atoms. The molecule has 2 saturated carbocycles. The molecule has 2 aliphatic rings. The van der Waals surface area contributed by atoms with Crippen molar-refractivity contribution in [3.63, 3.8) is 0 Å². The lowest BCUT2D eigenvalue weighted by molar-refractivity contribution is -0.124. The van der Waals surface area contributed by atoms with E-state index in [0.717, 1.165) is 37.6 Å². The highest BCUT2D eigenvalue weighted by Crippen LogP contribution is 2.45. The molecule has 1 amide bonds. The Balaban J connectivity index is 1.63. The van der Waals surface area contributed by atoms with Crippen LogP contribution in [0.1, 0.15) is 51.9 Å². The molecule has 17 heavy (non-hydrogen) atoms. The molecule has 0 atom stereocenters. The molecule has 0 radical (unpaired) electrons. The molecule has 2 fully saturated rings. The minimum atomic E-state index is -0.652. The molecular formula is C14H22N2O. The van der Waals surface area contributed by atoms with Gasteiger partial charge in [-0.1, -0.05) is 32.6 Å². The summed E-state index contributed by atoms with van der Waals surface area (Å²) in [5.74, 6) is 1.63. The van der Waals surface area contributed by atoms with E-state index in [4.69, 9.17) is 5.26 Å². The lowest BCUT2D eigenvalue weighted by atomic mass is 9.81. The number of carbonyl (C=O) groups is 1. The molecule has 0 aromatic carbocycles. The van der Waals surface area contributed by atoms with Gasteiger partial charge in [0.2, 0.25) is 5.91 Å². The molecule has 2 aliphatic carbocycles. The van der Waals surface area contributed by atoms with E-state index < -0.39 is 5.41 Å². The van der Waals surface area contributed by atoms with E-state index >= 15 is 0 Å². The molecule has 0 aromatic heterocycles. The maximum atomic E-state index is 11.7. The molecule has 94 valence electrons. The number of nitriles is 1. The second-order valence-corrected chi connectivity index (χ2v) is 5.86. The lowest BCUT2D eigenvalue weighted by Gasteiger charge is -2.26. The van der Waals surface area contributed by atoms with E-state index in [-0.39, 0.29) is 5.91 Å². The summed E-state index contributed by atoms with van der Waals surface area (Å²) in [5.41, 5.74) is -0.652. The van der Waals surface area contributed by atoms with Crippen molar-refractivity contribution in [1.82, 2.24) is 5.32 Å². The smallest absolute Gasteiger partial charge is 0.240 e. The minimum absolute atomic E-state index is 0.0378. The van der Waals surface area contributed by atoms with Crippen LogP contribution in [0.4, 0.5) is 0 Å². The predicted octanol–water partition coefficient (Wildman–Crippen LogP) is 2.62. The Labute approximate surface area is 104 Å². The van der Waals surface area contributed by atoms with Crippen LogP contribution in [0.25, 0.3) is 0 Å². The van der Waals surface area contributed by atoms with Crippen molar-refractivity contribution in [3.8, 4) is 6.07 Å². The van der Waals surface area contributed by atoms with Gasteiger partial charge in [-0.25, -0.2) is 0 Å². The largest absolute Gasteiger partial charge is 0.355 e. The van der Waals surface area contributed by atoms with Crippen molar-refractivity contribution in [2.45, 2.75) is 51.9 Å². The van der Waals surface area contributed by atoms with E-state index in [0.29, 0.717) is 0 Å². The normalized spacial score (nSPS) is 30.4. The average Bonchev–Trinajstić information content (AvgIpc) is 3.12. The lowest BCUT2D eigenvalue weighted by Crippen LogP contribution is -2.33. The first kappa shape index (κ1) is 12.4. The van der Waals surface area contributed by atoms with Crippen LogP contribution in [-0.2, 0) is 4.79 Å². The third-order valence-electron chi connectivity index (χ3n) is 4.37. The third kappa shape index (κ3) is 3.00. The van der Waals surface area contributed by atoms with E-state index in [2.05, 4.69) is 18.3 Å². The van der Waals surface area contributed by atoms with Gasteiger partial charge in [-0.05, 0) is 31.1 Å². The van der Waals surface area contributed by atoms with Gasteiger partial charge >= 0.3 is 0 Å². The molecule has 3 nitrogen and oxygen atoms in total. The van der Waals surface area contributed by atoms with Crippen molar-refractivity contribution in [2.24, 2.45) is 17.3 Å². The SMILES string of the molecule is CC1CCC(CCNC(=O)C2(C#N)CC2)CC1. The van der Waals surface area contributed by atoms with Crippen LogP contribution < -0.4 is 5.32 Å². The molecule has 2 rings (SSSR count). The monoisotopic (exact) mass is 234 g/mol. The molecule has 3 heteroatoms. The van der Waals surface area contributed by atoms with Crippen LogP contribution in [0.15, 0.2) is 0 Å². The highest BCUT2D eigenvalue weighted by Gasteiger charge is 2.50. The van der Waals surface area contributed by atoms with Gasteiger partial charge in [-0.2, -0.15) is 5.26 Å². The fraction of sp³-hybridized carbons (Fsp3) is 0.857. The van der Waals surface area contributed by atoms with Crippen molar-refractivity contribution < 1.29 is 4.79 Å². The van der Waals surface area contributed by atoms with Gasteiger partial charge in [0.25, 0.3) is 0 Å². The number of amides is 1. The molecule has 0 heterocycles. The topological polar surface area (TPSA) is 52.9 Å². The zero-order chi connectivity index (χ0) is 12.3. The summed E-state index contributed by atoms with van der Waals surface area (Å²) in [6.45, 7) is 3.07. The van der Waals surface area contributed by atoms with Gasteiger partial charge in [0.1, 0.15) is 5.41 Å². The number of hydrogen-bond acceptors (Lipinski definition) is 2. The van der Waals surface area contributed by atoms with Crippen molar-refractivity contribution in [1.29, 1.82) is 5.26 Å². The number of nitrogens with one attached hydrogen (secondary N) is 1. The summed E-state index contributed by atoms with van der Waals surface area (Å²) in [7, 11) is 0. The average molecular weight is 234 g/mol. The number of rotatable bonds is 4. The van der Waals surface area contributed by atoms with Crippen molar-refractivity contribution in [3.05, 3.63) is 0 Å². The second-order valence-electron chi connectivity index (χ2n) is 5.86. The van der Waals surface area contributed by atoms with Crippen LogP contribution in [0.5, 0.6) is 0 Å². The van der Waals surface area contributed by atoms with Gasteiger partial charge < -0.3 is 5.32 Å². The van der Waals surface area contributed by atoms with Crippen molar-refractivity contribution >= 4 is 5.91 Å². The Morgan fingerprint density at radius 2 is 2.00 bits per heavy atom. The molecular weight excluding hydrogens is 212 g/mol. The summed E-state index contributed by atoms with van der Waals surface area (Å²) in [4.78, 5) is 11.7. The van der Waals surface area contributed by atoms with E-state index in [1.807, 2.05) is 0 Å². The second kappa shape index (κ2) is 5.08. The van der Waals surface area contributed by atoms with Crippen LogP contribution in [-0.4, -0.2) is 12.5 Å². The first-order valence-electron chi connectivity index (χ1n) is 6.86. The molecule has 0 saturated heterocycles. The fourth-order valence-electron chi connectivity index (χ4n) is 2.69. The predicted molar refractivity (Wildman–Crippen MR) is 66.0 cm³/mol. The quantitative estimate of drug-likeness (QED) is 0.813. The fourth-order valence-corrected chi connectivity index (χ4v) is 2.69. The Kier molecular flexibility index (Phi) is 3.71. The van der Waals surface area contributed by atoms with Gasteiger partial charge in [-0.3, -0.25) is 4.79 Å². The maximum Gasteiger partial charge on any atom is 0.240 e. The Morgan fingerprint density at radius 3 is 2.53 bits per heavy atom. The minimum Gasteiger partial charge on any atom is -0.355 e. The zero-order valence-electron chi connectivity index (χ0n) is 10.7. The zero-order valence-corrected chi connectivity index (χ0v) is 10.7. The number of carbonyl (C=O) groups excluding carboxylic acids is 1. The summed E-state index contributed by atoms with van der Waals surface area (Å²) >= 11 is 0. The van der Waals surface area contributed by atoms with Crippen LogP contribution in [0.3, 0.4) is 0 Å². The number of hydrogen-bond donors (Lipinski definition) is 1. The Morgan fingerprint density at radius 1 is 1.35 bits per heavy atom. The van der Waals surface area contributed by atoms with Gasteiger partial charge in [0.15, 0.2) is 0 Å². The first-order chi connectivity index (χ1) is 8.16.